The number of likely N-dealkylation sites (tertiary alicyclic amines) is 1. The Morgan fingerprint density at radius 2 is 1.80 bits per heavy atom. The molecule has 3 rings (SSSR count). The molecule has 2 amide bonds. The van der Waals surface area contributed by atoms with Crippen LogP contribution in [0, 0.1) is 12.8 Å². The van der Waals surface area contributed by atoms with Crippen LogP contribution in [-0.4, -0.2) is 56.2 Å². The number of aryl methyl sites for hydroxylation is 1. The second kappa shape index (κ2) is 13.3. The SMILES string of the molecule is COc1ccc(C)cc1NC(=O)C(c1ccccc1)N1CCC(C(=O)NCCCOC(C)C)CC1. The number of carbonyl (C=O) groups is 2. The Morgan fingerprint density at radius 1 is 1.09 bits per heavy atom. The molecule has 2 N–H and O–H groups in total. The van der Waals surface area contributed by atoms with Crippen molar-refractivity contribution in [2.75, 3.05) is 38.7 Å². The van der Waals surface area contributed by atoms with Gasteiger partial charge >= 0.3 is 0 Å². The van der Waals surface area contributed by atoms with Crippen LogP contribution < -0.4 is 15.4 Å². The maximum Gasteiger partial charge on any atom is 0.246 e. The van der Waals surface area contributed by atoms with Crippen LogP contribution in [0.3, 0.4) is 0 Å². The molecule has 0 saturated carbocycles. The highest BCUT2D eigenvalue weighted by Gasteiger charge is 2.33. The van der Waals surface area contributed by atoms with Gasteiger partial charge in [0.1, 0.15) is 11.8 Å². The highest BCUT2D eigenvalue weighted by atomic mass is 16.5. The van der Waals surface area contributed by atoms with Crippen molar-refractivity contribution in [1.29, 1.82) is 0 Å². The van der Waals surface area contributed by atoms with Gasteiger partial charge in [-0.15, -0.1) is 0 Å². The Bertz CT molecular complexity index is 956. The average Bonchev–Trinajstić information content (AvgIpc) is 2.85. The summed E-state index contributed by atoms with van der Waals surface area (Å²) in [5, 5.41) is 6.13. The summed E-state index contributed by atoms with van der Waals surface area (Å²) in [6, 6.07) is 15.1. The van der Waals surface area contributed by atoms with Gasteiger partial charge in [-0.1, -0.05) is 36.4 Å². The van der Waals surface area contributed by atoms with Crippen molar-refractivity contribution in [2.24, 2.45) is 5.92 Å². The first-order valence-electron chi connectivity index (χ1n) is 12.5. The number of methoxy groups -OCH3 is 1. The first-order valence-corrected chi connectivity index (χ1v) is 12.5. The topological polar surface area (TPSA) is 79.9 Å². The smallest absolute Gasteiger partial charge is 0.246 e. The van der Waals surface area contributed by atoms with Crippen LogP contribution in [0.25, 0.3) is 0 Å². The van der Waals surface area contributed by atoms with Gasteiger partial charge in [0, 0.05) is 19.1 Å². The van der Waals surface area contributed by atoms with Gasteiger partial charge in [0.15, 0.2) is 0 Å². The Hall–Kier alpha value is -2.90. The van der Waals surface area contributed by atoms with E-state index in [-0.39, 0.29) is 23.8 Å². The number of nitrogens with one attached hydrogen (secondary N) is 2. The fraction of sp³-hybridized carbons (Fsp3) is 0.500. The highest BCUT2D eigenvalue weighted by molar-refractivity contribution is 5.97. The lowest BCUT2D eigenvalue weighted by Gasteiger charge is -2.36. The van der Waals surface area contributed by atoms with E-state index < -0.39 is 6.04 Å². The van der Waals surface area contributed by atoms with E-state index in [0.717, 1.165) is 30.4 Å². The fourth-order valence-corrected chi connectivity index (χ4v) is 4.45. The molecule has 1 atom stereocenters. The summed E-state index contributed by atoms with van der Waals surface area (Å²) in [5.74, 6) is 0.589. The average molecular weight is 482 g/mol. The quantitative estimate of drug-likeness (QED) is 0.467. The number of anilines is 1. The molecule has 190 valence electrons. The third kappa shape index (κ3) is 7.80. The van der Waals surface area contributed by atoms with E-state index >= 15 is 0 Å². The molecule has 1 saturated heterocycles. The van der Waals surface area contributed by atoms with E-state index in [9.17, 15) is 9.59 Å². The molecule has 7 nitrogen and oxygen atoms in total. The van der Waals surface area contributed by atoms with Gasteiger partial charge in [0.25, 0.3) is 0 Å². The van der Waals surface area contributed by atoms with Gasteiger partial charge in [0.05, 0.1) is 18.9 Å². The number of hydrogen-bond acceptors (Lipinski definition) is 5. The minimum absolute atomic E-state index is 0.0337. The monoisotopic (exact) mass is 481 g/mol. The molecular weight excluding hydrogens is 442 g/mol. The Morgan fingerprint density at radius 3 is 2.46 bits per heavy atom. The van der Waals surface area contributed by atoms with E-state index in [4.69, 9.17) is 9.47 Å². The third-order valence-corrected chi connectivity index (χ3v) is 6.31. The zero-order chi connectivity index (χ0) is 25.2. The molecule has 0 aromatic heterocycles. The standard InChI is InChI=1S/C28H39N3O4/c1-20(2)35-18-8-15-29-27(32)23-13-16-31(17-14-23)26(22-9-6-5-7-10-22)28(33)30-24-19-21(3)11-12-25(24)34-4/h5-7,9-12,19-20,23,26H,8,13-18H2,1-4H3,(H,29,32)(H,30,33). The molecule has 1 heterocycles. The van der Waals surface area contributed by atoms with Gasteiger partial charge in [0.2, 0.25) is 11.8 Å². The molecule has 1 aliphatic rings. The van der Waals surface area contributed by atoms with E-state index in [2.05, 4.69) is 15.5 Å². The van der Waals surface area contributed by atoms with E-state index in [1.165, 1.54) is 0 Å². The second-order valence-electron chi connectivity index (χ2n) is 9.38. The Kier molecular flexibility index (Phi) is 10.1. The van der Waals surface area contributed by atoms with Crippen molar-refractivity contribution in [2.45, 2.75) is 52.2 Å². The summed E-state index contributed by atoms with van der Waals surface area (Å²) >= 11 is 0. The van der Waals surface area contributed by atoms with Crippen molar-refractivity contribution < 1.29 is 19.1 Å². The molecule has 1 unspecified atom stereocenters. The van der Waals surface area contributed by atoms with Gasteiger partial charge in [-0.2, -0.15) is 0 Å². The van der Waals surface area contributed by atoms with E-state index in [1.54, 1.807) is 7.11 Å². The number of nitrogens with zero attached hydrogens (tertiary/aromatic N) is 1. The number of ether oxygens (including phenoxy) is 2. The molecular formula is C28H39N3O4. The minimum Gasteiger partial charge on any atom is -0.495 e. The molecule has 0 radical (unpaired) electrons. The zero-order valence-corrected chi connectivity index (χ0v) is 21.4. The van der Waals surface area contributed by atoms with Gasteiger partial charge in [-0.25, -0.2) is 0 Å². The maximum atomic E-state index is 13.6. The zero-order valence-electron chi connectivity index (χ0n) is 21.4. The summed E-state index contributed by atoms with van der Waals surface area (Å²) in [6.45, 7) is 8.62. The predicted octanol–water partition coefficient (Wildman–Crippen LogP) is 4.33. The van der Waals surface area contributed by atoms with Gasteiger partial charge in [-0.05, 0) is 76.4 Å². The lowest BCUT2D eigenvalue weighted by Crippen LogP contribution is -2.45. The molecule has 35 heavy (non-hydrogen) atoms. The normalized spacial score (nSPS) is 15.6. The Balaban J connectivity index is 1.63. The number of piperidine rings is 1. The molecule has 0 bridgehead atoms. The van der Waals surface area contributed by atoms with Crippen LogP contribution in [0.1, 0.15) is 50.3 Å². The number of benzene rings is 2. The summed E-state index contributed by atoms with van der Waals surface area (Å²) in [5.41, 5.74) is 2.64. The lowest BCUT2D eigenvalue weighted by molar-refractivity contribution is -0.127. The first-order chi connectivity index (χ1) is 16.9. The van der Waals surface area contributed by atoms with Crippen LogP contribution in [0.4, 0.5) is 5.69 Å². The van der Waals surface area contributed by atoms with Crippen LogP contribution in [0.15, 0.2) is 48.5 Å². The van der Waals surface area contributed by atoms with E-state index in [1.807, 2.05) is 69.3 Å². The molecule has 7 heteroatoms. The lowest BCUT2D eigenvalue weighted by atomic mass is 9.93. The summed E-state index contributed by atoms with van der Waals surface area (Å²) in [6.07, 6.45) is 2.45. The number of hydrogen-bond donors (Lipinski definition) is 2. The molecule has 2 aromatic carbocycles. The van der Waals surface area contributed by atoms with Crippen LogP contribution >= 0.6 is 0 Å². The molecule has 2 aromatic rings. The van der Waals surface area contributed by atoms with Crippen LogP contribution in [-0.2, 0) is 14.3 Å². The number of carbonyl (C=O) groups excluding carboxylic acids is 2. The molecule has 1 aliphatic heterocycles. The maximum absolute atomic E-state index is 13.6. The summed E-state index contributed by atoms with van der Waals surface area (Å²) < 4.78 is 11.0. The summed E-state index contributed by atoms with van der Waals surface area (Å²) in [4.78, 5) is 28.4. The molecule has 1 fully saturated rings. The largest absolute Gasteiger partial charge is 0.495 e. The van der Waals surface area contributed by atoms with Crippen molar-refractivity contribution >= 4 is 17.5 Å². The fourth-order valence-electron chi connectivity index (χ4n) is 4.45. The van der Waals surface area contributed by atoms with Crippen LogP contribution in [0.5, 0.6) is 5.75 Å². The third-order valence-electron chi connectivity index (χ3n) is 6.31. The van der Waals surface area contributed by atoms with Gasteiger partial charge in [-0.3, -0.25) is 14.5 Å². The van der Waals surface area contributed by atoms with Crippen molar-refractivity contribution in [1.82, 2.24) is 10.2 Å². The van der Waals surface area contributed by atoms with Crippen molar-refractivity contribution in [3.8, 4) is 5.75 Å². The highest BCUT2D eigenvalue weighted by Crippen LogP contribution is 2.31. The second-order valence-corrected chi connectivity index (χ2v) is 9.38. The molecule has 0 spiro atoms. The Labute approximate surface area is 209 Å². The molecule has 0 aliphatic carbocycles. The van der Waals surface area contributed by atoms with E-state index in [0.29, 0.717) is 37.7 Å². The minimum atomic E-state index is -0.446. The number of rotatable bonds is 11. The van der Waals surface area contributed by atoms with Crippen LogP contribution in [0.2, 0.25) is 0 Å². The first kappa shape index (κ1) is 26.7. The van der Waals surface area contributed by atoms with Gasteiger partial charge < -0.3 is 20.1 Å². The van der Waals surface area contributed by atoms with Crippen molar-refractivity contribution in [3.63, 3.8) is 0 Å². The van der Waals surface area contributed by atoms with Crippen molar-refractivity contribution in [3.05, 3.63) is 59.7 Å². The number of amides is 2. The summed E-state index contributed by atoms with van der Waals surface area (Å²) in [7, 11) is 1.60. The predicted molar refractivity (Wildman–Crippen MR) is 139 cm³/mol.